The highest BCUT2D eigenvalue weighted by Gasteiger charge is 2.48. The molecule has 1 aliphatic rings. The summed E-state index contributed by atoms with van der Waals surface area (Å²) in [6, 6.07) is 17.4. The van der Waals surface area contributed by atoms with Gasteiger partial charge in [0.25, 0.3) is 5.82 Å². The topological polar surface area (TPSA) is 15.3 Å². The van der Waals surface area contributed by atoms with E-state index in [0.29, 0.717) is 0 Å². The van der Waals surface area contributed by atoms with Gasteiger partial charge in [-0.3, -0.25) is 0 Å². The zero-order valence-electron chi connectivity index (χ0n) is 18.3. The largest absolute Gasteiger partial charge is 0.359 e. The van der Waals surface area contributed by atoms with Gasteiger partial charge < -0.3 is 9.80 Å². The molecule has 3 aromatic rings. The van der Waals surface area contributed by atoms with E-state index in [4.69, 9.17) is 0 Å². The Kier molecular flexibility index (Phi) is 4.73. The van der Waals surface area contributed by atoms with E-state index in [1.54, 1.807) is 0 Å². The number of aryl methyl sites for hydroxylation is 2. The normalized spacial score (nSPS) is 18.3. The molecule has 1 aliphatic heterocycles. The molecule has 0 spiro atoms. The van der Waals surface area contributed by atoms with E-state index in [9.17, 15) is 0 Å². The zero-order valence-corrected chi connectivity index (χ0v) is 18.3. The second-order valence-electron chi connectivity index (χ2n) is 8.26. The maximum absolute atomic E-state index is 2.47. The Labute approximate surface area is 174 Å². The van der Waals surface area contributed by atoms with Crippen LogP contribution in [0.5, 0.6) is 0 Å². The van der Waals surface area contributed by atoms with Crippen molar-refractivity contribution in [1.82, 2.24) is 14.4 Å². The SMILES string of the molecule is Cc1c(-c2ccccc2)cccc1C(C)(c1n(C)cc[n+]1C)N1C=CN(C)[C@@H]1C. The Bertz CT molecular complexity index is 1030. The van der Waals surface area contributed by atoms with Crippen LogP contribution in [0.1, 0.15) is 30.8 Å². The molecule has 2 aromatic carbocycles. The molecule has 0 aliphatic carbocycles. The highest BCUT2D eigenvalue weighted by atomic mass is 15.4. The smallest absolute Gasteiger partial charge is 0.286 e. The van der Waals surface area contributed by atoms with Gasteiger partial charge in [0.05, 0.1) is 20.3 Å². The summed E-state index contributed by atoms with van der Waals surface area (Å²) in [5.41, 5.74) is 4.85. The predicted molar refractivity (Wildman–Crippen MR) is 118 cm³/mol. The first-order valence-electron chi connectivity index (χ1n) is 10.2. The van der Waals surface area contributed by atoms with E-state index in [1.807, 2.05) is 0 Å². The van der Waals surface area contributed by atoms with Crippen molar-refractivity contribution < 1.29 is 4.57 Å². The van der Waals surface area contributed by atoms with E-state index in [-0.39, 0.29) is 11.7 Å². The summed E-state index contributed by atoms with van der Waals surface area (Å²) < 4.78 is 4.49. The van der Waals surface area contributed by atoms with Crippen molar-refractivity contribution in [1.29, 1.82) is 0 Å². The van der Waals surface area contributed by atoms with E-state index in [1.165, 1.54) is 28.1 Å². The van der Waals surface area contributed by atoms with Gasteiger partial charge in [0, 0.05) is 19.4 Å². The summed E-state index contributed by atoms with van der Waals surface area (Å²) in [7, 11) is 6.41. The average molecular weight is 388 g/mol. The summed E-state index contributed by atoms with van der Waals surface area (Å²) in [4.78, 5) is 4.73. The van der Waals surface area contributed by atoms with Gasteiger partial charge in [0.2, 0.25) is 0 Å². The molecule has 150 valence electrons. The van der Waals surface area contributed by atoms with Crippen LogP contribution < -0.4 is 4.57 Å². The molecule has 1 unspecified atom stereocenters. The number of nitrogens with zero attached hydrogens (tertiary/aromatic N) is 4. The molecule has 1 aromatic heterocycles. The minimum atomic E-state index is -0.331. The van der Waals surface area contributed by atoms with Crippen molar-refractivity contribution in [3.63, 3.8) is 0 Å². The molecule has 0 amide bonds. The summed E-state index contributed by atoms with van der Waals surface area (Å²) in [5, 5.41) is 0. The first kappa shape index (κ1) is 19.3. The van der Waals surface area contributed by atoms with Crippen molar-refractivity contribution in [2.24, 2.45) is 14.1 Å². The van der Waals surface area contributed by atoms with Crippen molar-refractivity contribution in [3.05, 3.63) is 90.3 Å². The van der Waals surface area contributed by atoms with Crippen LogP contribution in [0, 0.1) is 6.92 Å². The van der Waals surface area contributed by atoms with Crippen LogP contribution in [-0.4, -0.2) is 27.6 Å². The standard InChI is InChI=1S/C25H31N4/c1-19-22(21-11-8-7-9-12-21)13-10-14-23(19)25(3,24-27(5)15-16-28(24)6)29-18-17-26(4)20(29)2/h7-18,20H,1-6H3/q+1/t20-,25?/m0/s1. The second kappa shape index (κ2) is 7.11. The van der Waals surface area contributed by atoms with E-state index < -0.39 is 0 Å². The minimum absolute atomic E-state index is 0.259. The number of hydrogen-bond acceptors (Lipinski definition) is 2. The van der Waals surface area contributed by atoms with E-state index in [0.717, 1.165) is 0 Å². The Balaban J connectivity index is 1.98. The van der Waals surface area contributed by atoms with Crippen molar-refractivity contribution in [3.8, 4) is 11.1 Å². The number of hydrogen-bond donors (Lipinski definition) is 0. The van der Waals surface area contributed by atoms with Crippen LogP contribution >= 0.6 is 0 Å². The fraction of sp³-hybridized carbons (Fsp3) is 0.320. The Hall–Kier alpha value is -3.01. The first-order valence-corrected chi connectivity index (χ1v) is 10.2. The number of benzene rings is 2. The van der Waals surface area contributed by atoms with Gasteiger partial charge in [-0.1, -0.05) is 48.5 Å². The summed E-state index contributed by atoms with van der Waals surface area (Å²) in [5.74, 6) is 1.25. The van der Waals surface area contributed by atoms with Crippen LogP contribution in [-0.2, 0) is 19.6 Å². The Morgan fingerprint density at radius 3 is 2.28 bits per heavy atom. The molecule has 0 bridgehead atoms. The molecule has 0 fully saturated rings. The monoisotopic (exact) mass is 387 g/mol. The van der Waals surface area contributed by atoms with Gasteiger partial charge in [-0.15, -0.1) is 0 Å². The van der Waals surface area contributed by atoms with Gasteiger partial charge in [0.1, 0.15) is 12.4 Å². The predicted octanol–water partition coefficient (Wildman–Crippen LogP) is 4.15. The molecule has 4 heteroatoms. The van der Waals surface area contributed by atoms with Gasteiger partial charge >= 0.3 is 0 Å². The lowest BCUT2D eigenvalue weighted by atomic mass is 9.82. The highest BCUT2D eigenvalue weighted by Crippen LogP contribution is 2.41. The van der Waals surface area contributed by atoms with Gasteiger partial charge in [-0.2, -0.15) is 0 Å². The van der Waals surface area contributed by atoms with Crippen LogP contribution in [0.25, 0.3) is 11.1 Å². The molecule has 2 atom stereocenters. The van der Waals surface area contributed by atoms with Crippen molar-refractivity contribution >= 4 is 0 Å². The van der Waals surface area contributed by atoms with Crippen LogP contribution in [0.3, 0.4) is 0 Å². The maximum atomic E-state index is 2.47. The van der Waals surface area contributed by atoms with E-state index in [2.05, 4.69) is 134 Å². The van der Waals surface area contributed by atoms with Gasteiger partial charge in [-0.25, -0.2) is 9.13 Å². The van der Waals surface area contributed by atoms with Crippen LogP contribution in [0.4, 0.5) is 0 Å². The molecular weight excluding hydrogens is 356 g/mol. The lowest BCUT2D eigenvalue weighted by molar-refractivity contribution is -0.683. The van der Waals surface area contributed by atoms with Crippen molar-refractivity contribution in [2.45, 2.75) is 32.5 Å². The van der Waals surface area contributed by atoms with Gasteiger partial charge in [-0.05, 0) is 43.0 Å². The average Bonchev–Trinajstić information content (AvgIpc) is 3.24. The molecule has 4 rings (SSSR count). The third-order valence-corrected chi connectivity index (χ3v) is 6.53. The quantitative estimate of drug-likeness (QED) is 0.625. The number of rotatable bonds is 4. The summed E-state index contributed by atoms with van der Waals surface area (Å²) >= 11 is 0. The molecule has 0 saturated carbocycles. The lowest BCUT2D eigenvalue weighted by Gasteiger charge is -2.42. The summed E-state index contributed by atoms with van der Waals surface area (Å²) in [6.45, 7) is 6.87. The number of aromatic nitrogens is 2. The third-order valence-electron chi connectivity index (χ3n) is 6.53. The molecular formula is C25H31N4+. The first-order chi connectivity index (χ1) is 13.9. The summed E-state index contributed by atoms with van der Waals surface area (Å²) in [6.07, 6.45) is 8.93. The molecule has 0 radical (unpaired) electrons. The molecule has 0 saturated heterocycles. The highest BCUT2D eigenvalue weighted by molar-refractivity contribution is 5.69. The van der Waals surface area contributed by atoms with E-state index >= 15 is 0 Å². The number of imidazole rings is 1. The Morgan fingerprint density at radius 1 is 0.966 bits per heavy atom. The Morgan fingerprint density at radius 2 is 1.69 bits per heavy atom. The molecule has 29 heavy (non-hydrogen) atoms. The fourth-order valence-electron chi connectivity index (χ4n) is 4.89. The second-order valence-corrected chi connectivity index (χ2v) is 8.26. The fourth-order valence-corrected chi connectivity index (χ4v) is 4.89. The lowest BCUT2D eigenvalue weighted by Crippen LogP contribution is -2.54. The minimum Gasteiger partial charge on any atom is -0.359 e. The van der Waals surface area contributed by atoms with Crippen molar-refractivity contribution in [2.75, 3.05) is 7.05 Å². The maximum Gasteiger partial charge on any atom is 0.286 e. The molecule has 4 nitrogen and oxygen atoms in total. The zero-order chi connectivity index (χ0) is 20.8. The molecule has 2 heterocycles. The third kappa shape index (κ3) is 2.94. The van der Waals surface area contributed by atoms with Crippen LogP contribution in [0.2, 0.25) is 0 Å². The van der Waals surface area contributed by atoms with Crippen LogP contribution in [0.15, 0.2) is 73.3 Å². The molecule has 0 N–H and O–H groups in total. The van der Waals surface area contributed by atoms with Gasteiger partial charge in [0.15, 0.2) is 5.54 Å².